The highest BCUT2D eigenvalue weighted by molar-refractivity contribution is 7.93. The Bertz CT molecular complexity index is 708. The SMILES string of the molecule is CCCCCCCC(CCCCCCC)OC(=O)CCCNCCCC(=O)OC(CCCCCCC)CCCCCCC.CN1CCCC(CSO)C1. The molecule has 53 heavy (non-hydrogen) atoms. The predicted molar refractivity (Wildman–Crippen MR) is 230 cm³/mol. The molecule has 1 atom stereocenters. The summed E-state index contributed by atoms with van der Waals surface area (Å²) in [5.41, 5.74) is 0. The average molecular weight is 771 g/mol. The fourth-order valence-electron chi connectivity index (χ4n) is 7.27. The smallest absolute Gasteiger partial charge is 0.306 e. The molecule has 8 heteroatoms. The van der Waals surface area contributed by atoms with Gasteiger partial charge in [0.05, 0.1) is 0 Å². The normalized spacial score (nSPS) is 14.8. The van der Waals surface area contributed by atoms with E-state index in [9.17, 15) is 9.59 Å². The largest absolute Gasteiger partial charge is 0.462 e. The molecule has 1 rings (SSSR count). The number of nitrogens with zero attached hydrogens (tertiary/aromatic N) is 1. The maximum absolute atomic E-state index is 12.5. The van der Waals surface area contributed by atoms with Gasteiger partial charge < -0.3 is 24.2 Å². The van der Waals surface area contributed by atoms with Crippen molar-refractivity contribution in [2.24, 2.45) is 5.92 Å². The van der Waals surface area contributed by atoms with Gasteiger partial charge in [0.25, 0.3) is 0 Å². The van der Waals surface area contributed by atoms with Gasteiger partial charge in [0.2, 0.25) is 0 Å². The zero-order chi connectivity index (χ0) is 39.0. The molecule has 0 aromatic heterocycles. The second kappa shape index (κ2) is 40.8. The summed E-state index contributed by atoms with van der Waals surface area (Å²) in [6.07, 6.45) is 34.3. The van der Waals surface area contributed by atoms with Gasteiger partial charge in [-0.1, -0.05) is 130 Å². The molecule has 1 heterocycles. The molecule has 0 spiro atoms. The molecular formula is C45H90N2O5S. The van der Waals surface area contributed by atoms with E-state index in [0.717, 1.165) is 102 Å². The van der Waals surface area contributed by atoms with Gasteiger partial charge in [-0.05, 0) is 122 Å². The fourth-order valence-corrected chi connectivity index (χ4v) is 7.75. The monoisotopic (exact) mass is 771 g/mol. The minimum Gasteiger partial charge on any atom is -0.462 e. The van der Waals surface area contributed by atoms with E-state index in [1.165, 1.54) is 122 Å². The Morgan fingerprint density at radius 2 is 1.00 bits per heavy atom. The maximum Gasteiger partial charge on any atom is 0.306 e. The van der Waals surface area contributed by atoms with Gasteiger partial charge in [-0.25, -0.2) is 0 Å². The number of likely N-dealkylation sites (tertiary alicyclic amines) is 1. The van der Waals surface area contributed by atoms with Crippen LogP contribution < -0.4 is 5.32 Å². The van der Waals surface area contributed by atoms with E-state index in [2.05, 4.69) is 45.0 Å². The summed E-state index contributed by atoms with van der Waals surface area (Å²) in [6, 6.07) is 0. The fraction of sp³-hybridized carbons (Fsp3) is 0.956. The van der Waals surface area contributed by atoms with Crippen molar-refractivity contribution in [3.05, 3.63) is 0 Å². The van der Waals surface area contributed by atoms with Crippen LogP contribution in [0.25, 0.3) is 0 Å². The van der Waals surface area contributed by atoms with E-state index in [1.807, 2.05) is 0 Å². The van der Waals surface area contributed by atoms with Gasteiger partial charge in [0, 0.05) is 25.1 Å². The molecule has 0 aromatic carbocycles. The number of unbranched alkanes of at least 4 members (excludes halogenated alkanes) is 16. The summed E-state index contributed by atoms with van der Waals surface area (Å²) in [6.45, 7) is 12.9. The summed E-state index contributed by atoms with van der Waals surface area (Å²) in [5, 5.41) is 3.40. The van der Waals surface area contributed by atoms with Crippen LogP contribution in [0.15, 0.2) is 0 Å². The second-order valence-electron chi connectivity index (χ2n) is 16.1. The maximum atomic E-state index is 12.5. The van der Waals surface area contributed by atoms with Crippen molar-refractivity contribution in [2.75, 3.05) is 39.0 Å². The highest BCUT2D eigenvalue weighted by atomic mass is 32.2. The lowest BCUT2D eigenvalue weighted by Gasteiger charge is -2.28. The van der Waals surface area contributed by atoms with Crippen LogP contribution in [0.3, 0.4) is 0 Å². The molecule has 0 saturated carbocycles. The zero-order valence-electron chi connectivity index (χ0n) is 35.9. The number of rotatable bonds is 36. The quantitative estimate of drug-likeness (QED) is 0.0370. The Hall–Kier alpha value is -0.830. The zero-order valence-corrected chi connectivity index (χ0v) is 36.7. The summed E-state index contributed by atoms with van der Waals surface area (Å²) >= 11 is 0.984. The molecule has 1 unspecified atom stereocenters. The van der Waals surface area contributed by atoms with Crippen molar-refractivity contribution in [3.63, 3.8) is 0 Å². The molecule has 7 nitrogen and oxygen atoms in total. The van der Waals surface area contributed by atoms with Crippen LogP contribution in [0.2, 0.25) is 0 Å². The van der Waals surface area contributed by atoms with Crippen LogP contribution in [0, 0.1) is 5.92 Å². The number of hydrogen-bond acceptors (Lipinski definition) is 8. The van der Waals surface area contributed by atoms with Gasteiger partial charge in [0.15, 0.2) is 0 Å². The van der Waals surface area contributed by atoms with E-state index in [-0.39, 0.29) is 24.1 Å². The van der Waals surface area contributed by atoms with Crippen LogP contribution >= 0.6 is 12.0 Å². The van der Waals surface area contributed by atoms with E-state index in [0.29, 0.717) is 18.8 Å². The number of piperidine rings is 1. The first-order valence-corrected chi connectivity index (χ1v) is 23.9. The van der Waals surface area contributed by atoms with E-state index in [1.54, 1.807) is 0 Å². The van der Waals surface area contributed by atoms with Crippen molar-refractivity contribution in [1.29, 1.82) is 0 Å². The average Bonchev–Trinajstić information content (AvgIpc) is 3.14. The minimum absolute atomic E-state index is 0.0482. The van der Waals surface area contributed by atoms with Gasteiger partial charge in [0.1, 0.15) is 12.2 Å². The van der Waals surface area contributed by atoms with Gasteiger partial charge >= 0.3 is 11.9 Å². The van der Waals surface area contributed by atoms with E-state index < -0.39 is 0 Å². The Labute approximate surface area is 334 Å². The summed E-state index contributed by atoms with van der Waals surface area (Å²) in [5.74, 6) is 1.53. The molecular weight excluding hydrogens is 681 g/mol. The van der Waals surface area contributed by atoms with Crippen molar-refractivity contribution < 1.29 is 23.6 Å². The summed E-state index contributed by atoms with van der Waals surface area (Å²) < 4.78 is 20.5. The first-order chi connectivity index (χ1) is 25.9. The second-order valence-corrected chi connectivity index (χ2v) is 16.7. The number of carbonyl (C=O) groups excluding carboxylic acids is 2. The van der Waals surface area contributed by atoms with E-state index in [4.69, 9.17) is 14.0 Å². The third-order valence-corrected chi connectivity index (χ3v) is 11.2. The summed E-state index contributed by atoms with van der Waals surface area (Å²) in [7, 11) is 2.15. The van der Waals surface area contributed by atoms with Crippen LogP contribution in [-0.4, -0.2) is 72.6 Å². The standard InChI is InChI=1S/C38H75NO4.C7H15NOS/c1-5-9-13-17-21-27-35(28-22-18-14-10-6-2)42-37(40)31-25-33-39-34-26-32-38(41)43-36(29-23-19-15-11-7-3)30-24-20-16-12-8-4;1-8-4-2-3-7(5-8)6-10-9/h35-36,39H,5-34H2,1-4H3;7,9H,2-6H2,1H3. The molecule has 0 radical (unpaired) electrons. The predicted octanol–water partition coefficient (Wildman–Crippen LogP) is 12.9. The first-order valence-electron chi connectivity index (χ1n) is 22.9. The van der Waals surface area contributed by atoms with Crippen molar-refractivity contribution >= 4 is 24.0 Å². The van der Waals surface area contributed by atoms with Crippen LogP contribution in [0.1, 0.15) is 220 Å². The molecule has 0 amide bonds. The molecule has 0 bridgehead atoms. The lowest BCUT2D eigenvalue weighted by Crippen LogP contribution is -2.33. The van der Waals surface area contributed by atoms with Crippen LogP contribution in [-0.2, 0) is 19.1 Å². The molecule has 1 aliphatic heterocycles. The number of esters is 2. The number of carbonyl (C=O) groups is 2. The molecule has 1 saturated heterocycles. The molecule has 316 valence electrons. The number of nitrogens with one attached hydrogen (secondary N) is 1. The third kappa shape index (κ3) is 36.6. The van der Waals surface area contributed by atoms with Gasteiger partial charge in [-0.15, -0.1) is 0 Å². The molecule has 1 fully saturated rings. The van der Waals surface area contributed by atoms with Crippen molar-refractivity contribution in [2.45, 2.75) is 233 Å². The topological polar surface area (TPSA) is 88.1 Å². The minimum atomic E-state index is -0.0482. The molecule has 0 aliphatic carbocycles. The number of ether oxygens (including phenoxy) is 2. The van der Waals surface area contributed by atoms with Crippen molar-refractivity contribution in [1.82, 2.24) is 10.2 Å². The summed E-state index contributed by atoms with van der Waals surface area (Å²) in [4.78, 5) is 27.4. The Morgan fingerprint density at radius 1 is 0.623 bits per heavy atom. The Balaban J connectivity index is 0.00000230. The van der Waals surface area contributed by atoms with Crippen molar-refractivity contribution in [3.8, 4) is 0 Å². The van der Waals surface area contributed by atoms with Gasteiger partial charge in [-0.2, -0.15) is 0 Å². The molecule has 1 aliphatic rings. The highest BCUT2D eigenvalue weighted by Gasteiger charge is 2.17. The first kappa shape index (κ1) is 52.2. The lowest BCUT2D eigenvalue weighted by molar-refractivity contribution is -0.150. The van der Waals surface area contributed by atoms with Crippen LogP contribution in [0.4, 0.5) is 0 Å². The van der Waals surface area contributed by atoms with Gasteiger partial charge in [-0.3, -0.25) is 9.59 Å². The molecule has 0 aromatic rings. The Morgan fingerprint density at radius 3 is 1.34 bits per heavy atom. The number of hydrogen-bond donors (Lipinski definition) is 2. The lowest BCUT2D eigenvalue weighted by atomic mass is 10.0. The molecule has 2 N–H and O–H groups in total. The third-order valence-electron chi connectivity index (χ3n) is 10.6. The van der Waals surface area contributed by atoms with E-state index >= 15 is 0 Å². The van der Waals surface area contributed by atoms with Crippen LogP contribution in [0.5, 0.6) is 0 Å². The Kier molecular flexibility index (Phi) is 40.2. The highest BCUT2D eigenvalue weighted by Crippen LogP contribution is 2.20.